The van der Waals surface area contributed by atoms with Gasteiger partial charge in [0.15, 0.2) is 5.82 Å². The first-order valence-electron chi connectivity index (χ1n) is 10.6. The predicted octanol–water partition coefficient (Wildman–Crippen LogP) is 3.36. The van der Waals surface area contributed by atoms with Gasteiger partial charge in [-0.15, -0.1) is 0 Å². The molecule has 9 nitrogen and oxygen atoms in total. The molecule has 0 saturated carbocycles. The SMILES string of the molecule is Cc1cc(Nc2nc(NC3CC4CCC(C3)N4CCC#N)c3c(C)c[nH]c3n2)n[nH]1. The number of aromatic nitrogens is 5. The van der Waals surface area contributed by atoms with Crippen LogP contribution in [0.1, 0.15) is 43.4 Å². The number of nitrogens with zero attached hydrogens (tertiary/aromatic N) is 5. The highest BCUT2D eigenvalue weighted by Crippen LogP contribution is 2.37. The summed E-state index contributed by atoms with van der Waals surface area (Å²) in [6.45, 7) is 4.93. The quantitative estimate of drug-likeness (QED) is 0.496. The molecule has 0 spiro atoms. The summed E-state index contributed by atoms with van der Waals surface area (Å²) in [7, 11) is 0. The number of nitrogens with one attached hydrogen (secondary N) is 4. The molecular weight excluding hydrogens is 378 g/mol. The van der Waals surface area contributed by atoms with E-state index in [2.05, 4.69) is 48.7 Å². The van der Waals surface area contributed by atoms with Crippen LogP contribution in [0.15, 0.2) is 12.3 Å². The number of hydrogen-bond acceptors (Lipinski definition) is 7. The topological polar surface area (TPSA) is 121 Å². The summed E-state index contributed by atoms with van der Waals surface area (Å²) in [5.41, 5.74) is 2.92. The molecular formula is C21H27N9. The molecule has 2 bridgehead atoms. The van der Waals surface area contributed by atoms with Crippen molar-refractivity contribution in [2.24, 2.45) is 0 Å². The summed E-state index contributed by atoms with van der Waals surface area (Å²) in [6.07, 6.45) is 7.20. The van der Waals surface area contributed by atoms with Crippen molar-refractivity contribution < 1.29 is 0 Å². The summed E-state index contributed by atoms with van der Waals surface area (Å²) in [4.78, 5) is 15.2. The first-order valence-corrected chi connectivity index (χ1v) is 10.6. The van der Waals surface area contributed by atoms with Crippen LogP contribution >= 0.6 is 0 Å². The first-order chi connectivity index (χ1) is 14.6. The normalized spacial score (nSPS) is 23.6. The van der Waals surface area contributed by atoms with Crippen LogP contribution in [0.5, 0.6) is 0 Å². The van der Waals surface area contributed by atoms with Gasteiger partial charge in [0.2, 0.25) is 5.95 Å². The predicted molar refractivity (Wildman–Crippen MR) is 116 cm³/mol. The number of aromatic amines is 2. The fourth-order valence-corrected chi connectivity index (χ4v) is 5.07. The van der Waals surface area contributed by atoms with Crippen LogP contribution in [-0.2, 0) is 0 Å². The molecule has 9 heteroatoms. The van der Waals surface area contributed by atoms with E-state index in [0.717, 1.165) is 47.5 Å². The van der Waals surface area contributed by atoms with Gasteiger partial charge >= 0.3 is 0 Å². The number of nitriles is 1. The molecule has 0 radical (unpaired) electrons. The van der Waals surface area contributed by atoms with Crippen LogP contribution in [0.2, 0.25) is 0 Å². The molecule has 2 saturated heterocycles. The zero-order valence-corrected chi connectivity index (χ0v) is 17.4. The standard InChI is InChI=1S/C21H27N9/c1-12-11-23-19-18(12)20(27-21(26-19)25-17-8-13(2)28-29-17)24-14-9-15-4-5-16(10-14)30(15)7-3-6-22/h8,11,14-16H,3-5,7,9-10H2,1-2H3,(H4,23,24,25,26,27,28,29). The van der Waals surface area contributed by atoms with Gasteiger partial charge in [0, 0.05) is 49.0 Å². The lowest BCUT2D eigenvalue weighted by Gasteiger charge is -2.39. The second-order valence-electron chi connectivity index (χ2n) is 8.50. The van der Waals surface area contributed by atoms with Crippen LogP contribution in [0, 0.1) is 25.2 Å². The molecule has 5 rings (SSSR count). The first kappa shape index (κ1) is 18.9. The molecule has 3 aromatic heterocycles. The van der Waals surface area contributed by atoms with Crippen molar-refractivity contribution in [1.82, 2.24) is 30.0 Å². The summed E-state index contributed by atoms with van der Waals surface area (Å²) in [5, 5.41) is 24.1. The van der Waals surface area contributed by atoms with Crippen molar-refractivity contribution in [3.05, 3.63) is 23.5 Å². The Balaban J connectivity index is 1.39. The van der Waals surface area contributed by atoms with Gasteiger partial charge in [-0.1, -0.05) is 0 Å². The van der Waals surface area contributed by atoms with Crippen molar-refractivity contribution in [3.8, 4) is 6.07 Å². The third-order valence-corrected chi connectivity index (χ3v) is 6.38. The molecule has 30 heavy (non-hydrogen) atoms. The number of rotatable bonds is 6. The average molecular weight is 406 g/mol. The maximum atomic E-state index is 8.96. The van der Waals surface area contributed by atoms with Crippen molar-refractivity contribution in [1.29, 1.82) is 5.26 Å². The lowest BCUT2D eigenvalue weighted by atomic mass is 9.97. The summed E-state index contributed by atoms with van der Waals surface area (Å²) in [6, 6.07) is 5.71. The number of aryl methyl sites for hydroxylation is 2. The second kappa shape index (κ2) is 7.61. The molecule has 2 fully saturated rings. The third kappa shape index (κ3) is 3.48. The Morgan fingerprint density at radius 1 is 1.23 bits per heavy atom. The number of anilines is 3. The minimum absolute atomic E-state index is 0.369. The van der Waals surface area contributed by atoms with E-state index in [1.165, 1.54) is 12.8 Å². The Bertz CT molecular complexity index is 1080. The molecule has 5 heterocycles. The molecule has 0 aliphatic carbocycles. The molecule has 2 aliphatic heterocycles. The Kier molecular flexibility index (Phi) is 4.79. The summed E-state index contributed by atoms with van der Waals surface area (Å²) >= 11 is 0. The number of H-pyrrole nitrogens is 2. The van der Waals surface area contributed by atoms with Crippen LogP contribution in [0.3, 0.4) is 0 Å². The van der Waals surface area contributed by atoms with E-state index in [1.54, 1.807) is 0 Å². The second-order valence-corrected chi connectivity index (χ2v) is 8.50. The van der Waals surface area contributed by atoms with Crippen molar-refractivity contribution in [3.63, 3.8) is 0 Å². The monoisotopic (exact) mass is 405 g/mol. The van der Waals surface area contributed by atoms with Crippen LogP contribution in [0.4, 0.5) is 17.6 Å². The molecule has 0 aromatic carbocycles. The largest absolute Gasteiger partial charge is 0.366 e. The Morgan fingerprint density at radius 3 is 2.73 bits per heavy atom. The van der Waals surface area contributed by atoms with Crippen LogP contribution in [-0.4, -0.2) is 54.7 Å². The van der Waals surface area contributed by atoms with Gasteiger partial charge in [0.05, 0.1) is 11.5 Å². The smallest absolute Gasteiger partial charge is 0.232 e. The molecule has 4 N–H and O–H groups in total. The van der Waals surface area contributed by atoms with E-state index in [0.29, 0.717) is 36.3 Å². The van der Waals surface area contributed by atoms with Gasteiger partial charge in [-0.05, 0) is 45.1 Å². The van der Waals surface area contributed by atoms with Gasteiger partial charge in [0.25, 0.3) is 0 Å². The Morgan fingerprint density at radius 2 is 2.03 bits per heavy atom. The van der Waals surface area contributed by atoms with Gasteiger partial charge in [-0.3, -0.25) is 10.00 Å². The van der Waals surface area contributed by atoms with E-state index >= 15 is 0 Å². The van der Waals surface area contributed by atoms with E-state index in [-0.39, 0.29) is 0 Å². The Hall–Kier alpha value is -3.12. The van der Waals surface area contributed by atoms with Crippen LogP contribution in [0.25, 0.3) is 11.0 Å². The molecule has 2 aliphatic rings. The average Bonchev–Trinajstić information content (AvgIpc) is 3.36. The molecule has 156 valence electrons. The fraction of sp³-hybridized carbons (Fsp3) is 0.524. The molecule has 0 amide bonds. The van der Waals surface area contributed by atoms with Gasteiger partial charge in [-0.2, -0.15) is 20.3 Å². The zero-order valence-electron chi connectivity index (χ0n) is 17.4. The summed E-state index contributed by atoms with van der Waals surface area (Å²) < 4.78 is 0. The van der Waals surface area contributed by atoms with Crippen LogP contribution < -0.4 is 10.6 Å². The van der Waals surface area contributed by atoms with Crippen molar-refractivity contribution in [2.45, 2.75) is 64.1 Å². The van der Waals surface area contributed by atoms with Gasteiger partial charge in [-0.25, -0.2) is 0 Å². The number of hydrogen-bond donors (Lipinski definition) is 4. The Labute approximate surface area is 175 Å². The van der Waals surface area contributed by atoms with Gasteiger partial charge in [0.1, 0.15) is 11.5 Å². The van der Waals surface area contributed by atoms with E-state index in [1.807, 2.05) is 19.2 Å². The van der Waals surface area contributed by atoms with Crippen molar-refractivity contribution in [2.75, 3.05) is 17.2 Å². The molecule has 2 atom stereocenters. The highest BCUT2D eigenvalue weighted by molar-refractivity contribution is 5.91. The lowest BCUT2D eigenvalue weighted by Crippen LogP contribution is -2.47. The summed E-state index contributed by atoms with van der Waals surface area (Å²) in [5.74, 6) is 2.08. The van der Waals surface area contributed by atoms with Gasteiger partial charge < -0.3 is 15.6 Å². The van der Waals surface area contributed by atoms with Crippen molar-refractivity contribution >= 4 is 28.6 Å². The van der Waals surface area contributed by atoms with E-state index in [4.69, 9.17) is 10.2 Å². The van der Waals surface area contributed by atoms with E-state index in [9.17, 15) is 0 Å². The maximum absolute atomic E-state index is 8.96. The molecule has 3 aromatic rings. The number of fused-ring (bicyclic) bond motifs is 3. The lowest BCUT2D eigenvalue weighted by molar-refractivity contribution is 0.136. The number of piperidine rings is 1. The minimum Gasteiger partial charge on any atom is -0.366 e. The highest BCUT2D eigenvalue weighted by atomic mass is 15.3. The zero-order chi connectivity index (χ0) is 20.7. The third-order valence-electron chi connectivity index (χ3n) is 6.38. The van der Waals surface area contributed by atoms with E-state index < -0.39 is 0 Å². The molecule has 2 unspecified atom stereocenters. The minimum atomic E-state index is 0.369. The highest BCUT2D eigenvalue weighted by Gasteiger charge is 2.40. The fourth-order valence-electron chi connectivity index (χ4n) is 5.07. The maximum Gasteiger partial charge on any atom is 0.232 e.